The van der Waals surface area contributed by atoms with Crippen molar-refractivity contribution in [1.82, 2.24) is 0 Å². The normalized spacial score (nSPS) is 13.8. The quantitative estimate of drug-likeness (QED) is 0.632. The van der Waals surface area contributed by atoms with Crippen LogP contribution < -0.4 is 10.6 Å². The molecule has 1 aliphatic heterocycles. The van der Waals surface area contributed by atoms with E-state index in [2.05, 4.69) is 15.9 Å². The van der Waals surface area contributed by atoms with Crippen molar-refractivity contribution in [2.75, 3.05) is 10.6 Å². The first-order chi connectivity index (χ1) is 9.49. The number of hydrogen-bond acceptors (Lipinski definition) is 3. The van der Waals surface area contributed by atoms with Crippen molar-refractivity contribution in [2.45, 2.75) is 0 Å². The first-order valence-electron chi connectivity index (χ1n) is 5.72. The van der Waals surface area contributed by atoms with Crippen LogP contribution >= 0.6 is 27.5 Å². The number of fused-ring (bicyclic) bond motifs is 1. The number of rotatable bonds is 1. The summed E-state index contributed by atoms with van der Waals surface area (Å²) < 4.78 is 0.615. The maximum absolute atomic E-state index is 12.4. The predicted molar refractivity (Wildman–Crippen MR) is 81.1 cm³/mol. The Kier molecular flexibility index (Phi) is 3.03. The molecule has 0 aromatic heterocycles. The van der Waals surface area contributed by atoms with Crippen LogP contribution in [-0.2, 0) is 0 Å². The van der Waals surface area contributed by atoms with Crippen molar-refractivity contribution in [3.8, 4) is 0 Å². The minimum absolute atomic E-state index is 0.307. The highest BCUT2D eigenvalue weighted by molar-refractivity contribution is 9.10. The van der Waals surface area contributed by atoms with Crippen molar-refractivity contribution in [1.29, 1.82) is 0 Å². The van der Waals surface area contributed by atoms with E-state index < -0.39 is 5.91 Å². The van der Waals surface area contributed by atoms with Gasteiger partial charge in [0.1, 0.15) is 0 Å². The fraction of sp³-hybridized carbons (Fsp3) is 0. The molecular formula is C14H8BrClN2O2. The number of carbonyl (C=O) groups excluding carboxylic acids is 2. The lowest BCUT2D eigenvalue weighted by atomic mass is 10.1. The molecule has 0 bridgehead atoms. The van der Waals surface area contributed by atoms with Gasteiger partial charge in [0.25, 0.3) is 11.8 Å². The van der Waals surface area contributed by atoms with Gasteiger partial charge in [-0.3, -0.25) is 9.59 Å². The Labute approximate surface area is 128 Å². The minimum atomic E-state index is -0.403. The van der Waals surface area contributed by atoms with Crippen molar-refractivity contribution >= 4 is 50.7 Å². The van der Waals surface area contributed by atoms with E-state index in [1.54, 1.807) is 30.3 Å². The van der Waals surface area contributed by atoms with Gasteiger partial charge in [-0.25, -0.2) is 4.90 Å². The highest BCUT2D eigenvalue weighted by atomic mass is 79.9. The average Bonchev–Trinajstić information content (AvgIpc) is 2.65. The van der Waals surface area contributed by atoms with E-state index in [1.165, 1.54) is 6.07 Å². The fourth-order valence-corrected chi connectivity index (χ4v) is 2.72. The van der Waals surface area contributed by atoms with E-state index in [1.807, 2.05) is 0 Å². The van der Waals surface area contributed by atoms with Gasteiger partial charge in [0.15, 0.2) is 0 Å². The van der Waals surface area contributed by atoms with Gasteiger partial charge in [-0.05, 0) is 52.3 Å². The summed E-state index contributed by atoms with van der Waals surface area (Å²) in [6.45, 7) is 0. The Morgan fingerprint density at radius 1 is 1.00 bits per heavy atom. The molecule has 100 valence electrons. The summed E-state index contributed by atoms with van der Waals surface area (Å²) in [5.41, 5.74) is 7.18. The average molecular weight is 352 g/mol. The zero-order chi connectivity index (χ0) is 14.4. The molecule has 0 radical (unpaired) electrons. The molecule has 2 N–H and O–H groups in total. The summed E-state index contributed by atoms with van der Waals surface area (Å²) in [5, 5.41) is 0.444. The summed E-state index contributed by atoms with van der Waals surface area (Å²) in [5.74, 6) is -0.784. The molecule has 2 amide bonds. The predicted octanol–water partition coefficient (Wildman–Crippen LogP) is 3.49. The molecule has 0 fully saturated rings. The maximum atomic E-state index is 12.4. The Morgan fingerprint density at radius 2 is 1.70 bits per heavy atom. The first kappa shape index (κ1) is 13.1. The Morgan fingerprint density at radius 3 is 2.45 bits per heavy atom. The van der Waals surface area contributed by atoms with Crippen LogP contribution in [0.3, 0.4) is 0 Å². The van der Waals surface area contributed by atoms with Crippen molar-refractivity contribution in [3.63, 3.8) is 0 Å². The number of nitrogen functional groups attached to an aromatic ring is 1. The van der Waals surface area contributed by atoms with E-state index in [0.29, 0.717) is 32.0 Å². The number of amides is 2. The number of carbonyl (C=O) groups is 2. The van der Waals surface area contributed by atoms with Crippen LogP contribution in [-0.4, -0.2) is 11.8 Å². The maximum Gasteiger partial charge on any atom is 0.266 e. The number of nitrogens with two attached hydrogens (primary N) is 1. The van der Waals surface area contributed by atoms with E-state index in [4.69, 9.17) is 17.3 Å². The van der Waals surface area contributed by atoms with Crippen LogP contribution in [0, 0.1) is 0 Å². The lowest BCUT2D eigenvalue weighted by molar-refractivity contribution is 0.0926. The third-order valence-corrected chi connectivity index (χ3v) is 3.97. The molecule has 20 heavy (non-hydrogen) atoms. The molecular weight excluding hydrogens is 344 g/mol. The summed E-state index contributed by atoms with van der Waals surface area (Å²) in [6.07, 6.45) is 0. The highest BCUT2D eigenvalue weighted by Gasteiger charge is 2.37. The molecule has 2 aromatic rings. The van der Waals surface area contributed by atoms with E-state index >= 15 is 0 Å². The lowest BCUT2D eigenvalue weighted by Crippen LogP contribution is -2.29. The summed E-state index contributed by atoms with van der Waals surface area (Å²) >= 11 is 9.26. The third kappa shape index (κ3) is 1.90. The van der Waals surface area contributed by atoms with Gasteiger partial charge >= 0.3 is 0 Å². The van der Waals surface area contributed by atoms with Crippen molar-refractivity contribution in [2.24, 2.45) is 0 Å². The van der Waals surface area contributed by atoms with Crippen LogP contribution in [0.5, 0.6) is 0 Å². The molecule has 3 rings (SSSR count). The van der Waals surface area contributed by atoms with Crippen molar-refractivity contribution < 1.29 is 9.59 Å². The van der Waals surface area contributed by atoms with Gasteiger partial charge in [0.05, 0.1) is 16.8 Å². The van der Waals surface area contributed by atoms with Gasteiger partial charge < -0.3 is 5.73 Å². The highest BCUT2D eigenvalue weighted by Crippen LogP contribution is 2.35. The Hall–Kier alpha value is -1.85. The van der Waals surface area contributed by atoms with Crippen LogP contribution in [0.25, 0.3) is 0 Å². The van der Waals surface area contributed by atoms with Gasteiger partial charge in [0.2, 0.25) is 0 Å². The molecule has 0 saturated heterocycles. The molecule has 0 saturated carbocycles. The second-order valence-corrected chi connectivity index (χ2v) is 5.64. The fourth-order valence-electron chi connectivity index (χ4n) is 2.13. The largest absolute Gasteiger partial charge is 0.399 e. The number of halogens is 2. The van der Waals surface area contributed by atoms with E-state index in [-0.39, 0.29) is 5.91 Å². The topological polar surface area (TPSA) is 63.4 Å². The van der Waals surface area contributed by atoms with Gasteiger partial charge in [-0.1, -0.05) is 11.6 Å². The molecule has 1 heterocycles. The molecule has 0 aliphatic carbocycles. The third-order valence-electron chi connectivity index (χ3n) is 3.06. The standard InChI is InChI=1S/C14H8BrClN2O2/c15-11-4-1-7(16)5-12(11)18-13(19)9-3-2-8(17)6-10(9)14(18)20/h1-6H,17H2. The van der Waals surface area contributed by atoms with E-state index in [9.17, 15) is 9.59 Å². The minimum Gasteiger partial charge on any atom is -0.399 e. The number of nitrogens with zero attached hydrogens (tertiary/aromatic N) is 1. The number of imide groups is 1. The Balaban J connectivity index is 2.16. The molecule has 0 atom stereocenters. The van der Waals surface area contributed by atoms with Gasteiger partial charge in [0, 0.05) is 15.2 Å². The summed E-state index contributed by atoms with van der Waals surface area (Å²) in [4.78, 5) is 25.9. The number of hydrogen-bond donors (Lipinski definition) is 1. The zero-order valence-corrected chi connectivity index (χ0v) is 12.4. The van der Waals surface area contributed by atoms with Crippen LogP contribution in [0.4, 0.5) is 11.4 Å². The SMILES string of the molecule is Nc1ccc2c(c1)C(=O)N(c1cc(Cl)ccc1Br)C2=O. The van der Waals surface area contributed by atoms with Gasteiger partial charge in [-0.2, -0.15) is 0 Å². The molecule has 6 heteroatoms. The molecule has 4 nitrogen and oxygen atoms in total. The summed E-state index contributed by atoms with van der Waals surface area (Å²) in [7, 11) is 0. The zero-order valence-electron chi connectivity index (χ0n) is 10.1. The number of benzene rings is 2. The molecule has 2 aromatic carbocycles. The first-order valence-corrected chi connectivity index (χ1v) is 6.89. The summed E-state index contributed by atoms with van der Waals surface area (Å²) in [6, 6.07) is 9.59. The second kappa shape index (κ2) is 4.61. The molecule has 0 spiro atoms. The van der Waals surface area contributed by atoms with Crippen LogP contribution in [0.1, 0.15) is 20.7 Å². The van der Waals surface area contributed by atoms with Crippen molar-refractivity contribution in [3.05, 3.63) is 57.0 Å². The number of anilines is 2. The monoisotopic (exact) mass is 350 g/mol. The second-order valence-electron chi connectivity index (χ2n) is 4.35. The molecule has 0 unspecified atom stereocenters. The Bertz CT molecular complexity index is 761. The van der Waals surface area contributed by atoms with Gasteiger partial charge in [-0.15, -0.1) is 0 Å². The van der Waals surface area contributed by atoms with Crippen LogP contribution in [0.2, 0.25) is 5.02 Å². The molecule has 1 aliphatic rings. The van der Waals surface area contributed by atoms with Crippen LogP contribution in [0.15, 0.2) is 40.9 Å². The lowest BCUT2D eigenvalue weighted by Gasteiger charge is -2.15. The smallest absolute Gasteiger partial charge is 0.266 e. The van der Waals surface area contributed by atoms with E-state index in [0.717, 1.165) is 4.90 Å².